The summed E-state index contributed by atoms with van der Waals surface area (Å²) >= 11 is 5.93. The first-order valence-electron chi connectivity index (χ1n) is 12.5. The Morgan fingerprint density at radius 2 is 2.18 bits per heavy atom. The fourth-order valence-electron chi connectivity index (χ4n) is 4.41. The first-order valence-corrected chi connectivity index (χ1v) is 12.9. The molecule has 0 unspecified atom stereocenters. The van der Waals surface area contributed by atoms with Crippen LogP contribution in [-0.2, 0) is 19.1 Å². The number of carbonyl (C=O) groups excluding carboxylic acids is 2. The Morgan fingerprint density at radius 3 is 2.95 bits per heavy atom. The molecule has 0 radical (unpaired) electrons. The van der Waals surface area contributed by atoms with Gasteiger partial charge in [0.2, 0.25) is 5.91 Å². The molecule has 0 aliphatic carbocycles. The van der Waals surface area contributed by atoms with E-state index >= 15 is 0 Å². The first kappa shape index (κ1) is 26.8. The molecule has 3 aromatic rings. The zero-order valence-corrected chi connectivity index (χ0v) is 21.9. The lowest BCUT2D eigenvalue weighted by Crippen LogP contribution is -2.44. The zero-order chi connectivity index (χ0) is 27.4. The van der Waals surface area contributed by atoms with Gasteiger partial charge in [0.15, 0.2) is 0 Å². The number of cyclic esters (lactones) is 1. The van der Waals surface area contributed by atoms with Crippen molar-refractivity contribution in [1.29, 1.82) is 0 Å². The summed E-state index contributed by atoms with van der Waals surface area (Å²) in [5.41, 5.74) is 1.54. The van der Waals surface area contributed by atoms with E-state index < -0.39 is 5.82 Å². The second kappa shape index (κ2) is 11.9. The molecule has 2 aliphatic heterocycles. The largest absolute Gasteiger partial charge is 0.486 e. The topological polar surface area (TPSA) is 115 Å². The van der Waals surface area contributed by atoms with Gasteiger partial charge in [-0.25, -0.2) is 14.4 Å². The Labute approximate surface area is 229 Å². The average Bonchev–Trinajstić information content (AvgIpc) is 3.40. The normalized spacial score (nSPS) is 19.8. The molecule has 2 N–H and O–H groups in total. The Bertz CT molecular complexity index is 1410. The summed E-state index contributed by atoms with van der Waals surface area (Å²) in [4.78, 5) is 35.1. The minimum Gasteiger partial charge on any atom is -0.486 e. The van der Waals surface area contributed by atoms with Gasteiger partial charge in [0, 0.05) is 42.7 Å². The smallest absolute Gasteiger partial charge is 0.320 e. The maximum atomic E-state index is 13.6. The number of halogens is 2. The molecule has 2 aliphatic rings. The van der Waals surface area contributed by atoms with Gasteiger partial charge in [-0.2, -0.15) is 0 Å². The lowest BCUT2D eigenvalue weighted by atomic mass is 10.1. The van der Waals surface area contributed by atoms with Gasteiger partial charge in [0.25, 0.3) is 0 Å². The van der Waals surface area contributed by atoms with E-state index in [1.165, 1.54) is 24.5 Å². The predicted molar refractivity (Wildman–Crippen MR) is 144 cm³/mol. The van der Waals surface area contributed by atoms with Crippen LogP contribution in [0.25, 0.3) is 10.9 Å². The lowest BCUT2D eigenvalue weighted by molar-refractivity contribution is -0.156. The van der Waals surface area contributed by atoms with Gasteiger partial charge < -0.3 is 24.8 Å². The molecular weight excluding hydrogens is 529 g/mol. The molecule has 0 bridgehead atoms. The van der Waals surface area contributed by atoms with Gasteiger partial charge >= 0.3 is 5.97 Å². The highest BCUT2D eigenvalue weighted by Crippen LogP contribution is 2.35. The van der Waals surface area contributed by atoms with Crippen LogP contribution in [0.1, 0.15) is 13.3 Å². The number of amides is 1. The average molecular weight is 556 g/mol. The minimum absolute atomic E-state index is 0.0246. The summed E-state index contributed by atoms with van der Waals surface area (Å²) < 4.78 is 30.4. The highest BCUT2D eigenvalue weighted by molar-refractivity contribution is 6.31. The maximum Gasteiger partial charge on any atom is 0.320 e. The van der Waals surface area contributed by atoms with E-state index in [4.69, 9.17) is 25.8 Å². The number of aromatic nitrogens is 2. The molecular formula is C27H27ClFN5O5. The molecule has 2 aromatic carbocycles. The SMILES string of the molecule is C[C@@H]1CN(CC=CC(=O)Nc2cc3c(Nc4ccc(F)c(Cl)c4)ncnc3cc2O[C@H]2CCOC2)CC(=O)O1. The van der Waals surface area contributed by atoms with Crippen molar-refractivity contribution in [2.24, 2.45) is 0 Å². The third-order valence-electron chi connectivity index (χ3n) is 6.19. The van der Waals surface area contributed by atoms with Gasteiger partial charge in [-0.3, -0.25) is 14.5 Å². The summed E-state index contributed by atoms with van der Waals surface area (Å²) in [6, 6.07) is 7.72. The van der Waals surface area contributed by atoms with Crippen molar-refractivity contribution in [3.63, 3.8) is 0 Å². The molecule has 2 saturated heterocycles. The third kappa shape index (κ3) is 6.80. The number of anilines is 3. The van der Waals surface area contributed by atoms with E-state index in [1.54, 1.807) is 24.3 Å². The van der Waals surface area contributed by atoms with Crippen LogP contribution < -0.4 is 15.4 Å². The van der Waals surface area contributed by atoms with Gasteiger partial charge in [-0.1, -0.05) is 17.7 Å². The van der Waals surface area contributed by atoms with Crippen molar-refractivity contribution >= 4 is 51.6 Å². The Morgan fingerprint density at radius 1 is 1.31 bits per heavy atom. The number of benzene rings is 2. The fraction of sp³-hybridized carbons (Fsp3) is 0.333. The van der Waals surface area contributed by atoms with E-state index in [0.29, 0.717) is 60.1 Å². The van der Waals surface area contributed by atoms with Crippen molar-refractivity contribution in [3.8, 4) is 5.75 Å². The first-order chi connectivity index (χ1) is 18.8. The molecule has 12 heteroatoms. The number of carbonyl (C=O) groups is 2. The summed E-state index contributed by atoms with van der Waals surface area (Å²) in [5, 5.41) is 6.60. The summed E-state index contributed by atoms with van der Waals surface area (Å²) in [7, 11) is 0. The van der Waals surface area contributed by atoms with E-state index in [1.807, 2.05) is 11.8 Å². The summed E-state index contributed by atoms with van der Waals surface area (Å²) in [6.07, 6.45) is 4.89. The lowest BCUT2D eigenvalue weighted by Gasteiger charge is -2.29. The van der Waals surface area contributed by atoms with E-state index in [9.17, 15) is 14.0 Å². The van der Waals surface area contributed by atoms with Gasteiger partial charge in [-0.15, -0.1) is 0 Å². The number of fused-ring (bicyclic) bond motifs is 1. The van der Waals surface area contributed by atoms with Crippen molar-refractivity contribution in [2.75, 3.05) is 43.5 Å². The minimum atomic E-state index is -0.528. The van der Waals surface area contributed by atoms with Crippen LogP contribution in [0.5, 0.6) is 5.75 Å². The monoisotopic (exact) mass is 555 g/mol. The Kier molecular flexibility index (Phi) is 8.20. The predicted octanol–water partition coefficient (Wildman–Crippen LogP) is 4.08. The van der Waals surface area contributed by atoms with Crippen LogP contribution in [0.15, 0.2) is 48.8 Å². The van der Waals surface area contributed by atoms with Gasteiger partial charge in [-0.05, 0) is 31.2 Å². The maximum absolute atomic E-state index is 13.6. The van der Waals surface area contributed by atoms with Crippen LogP contribution in [-0.4, -0.2) is 71.8 Å². The molecule has 1 amide bonds. The highest BCUT2D eigenvalue weighted by atomic mass is 35.5. The Balaban J connectivity index is 1.39. The number of esters is 1. The second-order valence-corrected chi connectivity index (χ2v) is 9.74. The standard InChI is InChI=1S/C27H27ClFN5O5/c1-16-12-34(13-26(36)38-16)7-2-3-25(35)33-23-10-19-22(11-24(23)39-18-6-8-37-14-18)30-15-31-27(19)32-17-4-5-21(29)20(28)9-17/h2-5,9-11,15-16,18H,6-8,12-14H2,1H3,(H,33,35)(H,30,31,32)/t16-,18+/m1/s1. The number of nitrogens with one attached hydrogen (secondary N) is 2. The van der Waals surface area contributed by atoms with Gasteiger partial charge in [0.05, 0.1) is 36.0 Å². The molecule has 1 aromatic heterocycles. The number of rotatable bonds is 8. The molecule has 10 nitrogen and oxygen atoms in total. The molecule has 3 heterocycles. The third-order valence-corrected chi connectivity index (χ3v) is 6.48. The Hall–Kier alpha value is -3.80. The number of hydrogen-bond donors (Lipinski definition) is 2. The molecule has 0 saturated carbocycles. The second-order valence-electron chi connectivity index (χ2n) is 9.33. The van der Waals surface area contributed by atoms with Crippen molar-refractivity contribution in [3.05, 3.63) is 59.7 Å². The van der Waals surface area contributed by atoms with Crippen molar-refractivity contribution in [2.45, 2.75) is 25.6 Å². The molecule has 39 heavy (non-hydrogen) atoms. The van der Waals surface area contributed by atoms with Crippen molar-refractivity contribution < 1.29 is 28.2 Å². The van der Waals surface area contributed by atoms with Crippen LogP contribution in [0, 0.1) is 5.82 Å². The molecule has 204 valence electrons. The highest BCUT2D eigenvalue weighted by Gasteiger charge is 2.23. The van der Waals surface area contributed by atoms with E-state index in [0.717, 1.165) is 6.42 Å². The number of morpholine rings is 1. The van der Waals surface area contributed by atoms with E-state index in [2.05, 4.69) is 20.6 Å². The number of hydrogen-bond acceptors (Lipinski definition) is 9. The molecule has 2 atom stereocenters. The quantitative estimate of drug-likeness (QED) is 0.313. The zero-order valence-electron chi connectivity index (χ0n) is 21.2. The summed E-state index contributed by atoms with van der Waals surface area (Å²) in [6.45, 7) is 4.08. The summed E-state index contributed by atoms with van der Waals surface area (Å²) in [5.74, 6) is -0.293. The molecule has 0 spiro atoms. The van der Waals surface area contributed by atoms with Crippen molar-refractivity contribution in [1.82, 2.24) is 14.9 Å². The van der Waals surface area contributed by atoms with Crippen LogP contribution in [0.4, 0.5) is 21.6 Å². The number of nitrogens with zero attached hydrogens (tertiary/aromatic N) is 3. The number of ether oxygens (including phenoxy) is 3. The van der Waals surface area contributed by atoms with Crippen LogP contribution in [0.3, 0.4) is 0 Å². The molecule has 2 fully saturated rings. The van der Waals surface area contributed by atoms with Gasteiger partial charge in [0.1, 0.15) is 35.9 Å². The van der Waals surface area contributed by atoms with Crippen LogP contribution in [0.2, 0.25) is 5.02 Å². The van der Waals surface area contributed by atoms with E-state index in [-0.39, 0.29) is 35.7 Å². The fourth-order valence-corrected chi connectivity index (χ4v) is 4.59. The van der Waals surface area contributed by atoms with Crippen LogP contribution >= 0.6 is 11.6 Å². The molecule has 5 rings (SSSR count).